The molecule has 0 unspecified atom stereocenters. The second-order valence-corrected chi connectivity index (χ2v) is 11.1. The molecule has 0 N–H and O–H groups in total. The van der Waals surface area contributed by atoms with Crippen LogP contribution in [0.5, 0.6) is 0 Å². The van der Waals surface area contributed by atoms with Crippen LogP contribution in [0.2, 0.25) is 0 Å². The molecule has 7 rings (SSSR count). The molecule has 1 aromatic rings. The van der Waals surface area contributed by atoms with Gasteiger partial charge in [0.05, 0.1) is 29.6 Å². The quantitative estimate of drug-likeness (QED) is 0.512. The Morgan fingerprint density at radius 3 is 2.81 bits per heavy atom. The summed E-state index contributed by atoms with van der Waals surface area (Å²) in [5.74, 6) is -1.07. The van der Waals surface area contributed by atoms with E-state index in [1.54, 1.807) is 6.26 Å². The van der Waals surface area contributed by atoms with Crippen LogP contribution < -0.4 is 0 Å². The van der Waals surface area contributed by atoms with Gasteiger partial charge in [0, 0.05) is 35.8 Å². The Labute approximate surface area is 181 Å². The van der Waals surface area contributed by atoms with E-state index in [0.717, 1.165) is 31.2 Å². The summed E-state index contributed by atoms with van der Waals surface area (Å²) in [6.45, 7) is 6.12. The summed E-state index contributed by atoms with van der Waals surface area (Å²) in [5, 5.41) is 0. The summed E-state index contributed by atoms with van der Waals surface area (Å²) < 4.78 is 31.2. The molecule has 0 amide bonds. The highest BCUT2D eigenvalue weighted by Gasteiger charge is 2.84. The van der Waals surface area contributed by atoms with Crippen molar-refractivity contribution in [1.82, 2.24) is 0 Å². The molecule has 6 heteroatoms. The molecule has 3 saturated heterocycles. The smallest absolute Gasteiger partial charge is 0.331 e. The van der Waals surface area contributed by atoms with Gasteiger partial charge in [0.15, 0.2) is 12.1 Å². The zero-order chi connectivity index (χ0) is 21.3. The first-order valence-electron chi connectivity index (χ1n) is 11.4. The molecule has 7 atom stereocenters. The number of rotatable bonds is 2. The molecule has 0 radical (unpaired) electrons. The van der Waals surface area contributed by atoms with Crippen molar-refractivity contribution >= 4 is 5.97 Å². The Balaban J connectivity index is 1.25. The monoisotopic (exact) mass is 424 g/mol. The van der Waals surface area contributed by atoms with Gasteiger partial charge < -0.3 is 23.4 Å². The van der Waals surface area contributed by atoms with Gasteiger partial charge in [-0.2, -0.15) is 0 Å². The van der Waals surface area contributed by atoms with Crippen molar-refractivity contribution in [2.75, 3.05) is 0 Å². The van der Waals surface area contributed by atoms with Crippen LogP contribution in [0, 0.1) is 16.7 Å². The topological polar surface area (TPSA) is 67.1 Å². The molecule has 2 spiro atoms. The van der Waals surface area contributed by atoms with E-state index in [2.05, 4.69) is 19.9 Å². The first-order chi connectivity index (χ1) is 14.7. The molecule has 2 aliphatic carbocycles. The lowest BCUT2D eigenvalue weighted by Crippen LogP contribution is -2.48. The second-order valence-electron chi connectivity index (χ2n) is 11.1. The van der Waals surface area contributed by atoms with Crippen molar-refractivity contribution < 1.29 is 28.2 Å². The van der Waals surface area contributed by atoms with E-state index < -0.39 is 17.0 Å². The van der Waals surface area contributed by atoms with Crippen molar-refractivity contribution in [3.8, 4) is 0 Å². The first-order valence-corrected chi connectivity index (χ1v) is 11.4. The van der Waals surface area contributed by atoms with Crippen LogP contribution in [-0.2, 0) is 23.7 Å². The number of esters is 1. The highest BCUT2D eigenvalue weighted by Crippen LogP contribution is 2.85. The number of allylic oxidation sites excluding steroid dienone is 1. The van der Waals surface area contributed by atoms with Gasteiger partial charge in [0.1, 0.15) is 5.60 Å². The fourth-order valence-electron chi connectivity index (χ4n) is 7.82. The largest absolute Gasteiger partial charge is 0.472 e. The third-order valence-electron chi connectivity index (χ3n) is 9.07. The van der Waals surface area contributed by atoms with Crippen LogP contribution in [0.4, 0.5) is 0 Å². The van der Waals surface area contributed by atoms with Crippen LogP contribution in [-0.4, -0.2) is 29.2 Å². The Morgan fingerprint density at radius 2 is 2.06 bits per heavy atom. The zero-order valence-corrected chi connectivity index (χ0v) is 18.2. The Bertz CT molecular complexity index is 1040. The fraction of sp³-hybridized carbons (Fsp3) is 0.640. The van der Waals surface area contributed by atoms with Gasteiger partial charge in [-0.15, -0.1) is 0 Å². The molecule has 0 aromatic carbocycles. The van der Waals surface area contributed by atoms with Gasteiger partial charge in [-0.05, 0) is 52.2 Å². The summed E-state index contributed by atoms with van der Waals surface area (Å²) in [5.41, 5.74) is 1.41. The van der Waals surface area contributed by atoms with Crippen molar-refractivity contribution in [3.63, 3.8) is 0 Å². The third kappa shape index (κ3) is 2.12. The number of hydrogen-bond donors (Lipinski definition) is 0. The Morgan fingerprint density at radius 1 is 1.19 bits per heavy atom. The molecule has 164 valence electrons. The minimum absolute atomic E-state index is 0.00320. The molecule has 31 heavy (non-hydrogen) atoms. The van der Waals surface area contributed by atoms with Gasteiger partial charge >= 0.3 is 5.97 Å². The average Bonchev–Trinajstić information content (AvgIpc) is 3.09. The van der Waals surface area contributed by atoms with E-state index in [9.17, 15) is 4.79 Å². The van der Waals surface area contributed by atoms with E-state index in [1.165, 1.54) is 11.6 Å². The lowest BCUT2D eigenvalue weighted by molar-refractivity contribution is -0.334. The van der Waals surface area contributed by atoms with E-state index >= 15 is 0 Å². The van der Waals surface area contributed by atoms with Crippen LogP contribution in [0.25, 0.3) is 0 Å². The maximum Gasteiger partial charge on any atom is 0.331 e. The van der Waals surface area contributed by atoms with Crippen molar-refractivity contribution in [2.45, 2.75) is 82.3 Å². The van der Waals surface area contributed by atoms with Crippen molar-refractivity contribution in [1.29, 1.82) is 0 Å². The molecule has 6 aliphatic rings. The number of cyclic esters (lactones) is 1. The minimum Gasteiger partial charge on any atom is -0.472 e. The SMILES string of the molecule is CC1(C)O[C@]2(CC3=CCC[C@]45C[C@]34[C@@H](O[C@H]5c3ccoc3)O2)C[C@@H]1[C@]1(C)C=CC(=O)O1. The van der Waals surface area contributed by atoms with Crippen molar-refractivity contribution in [3.05, 3.63) is 48.0 Å². The highest BCUT2D eigenvalue weighted by molar-refractivity contribution is 5.85. The van der Waals surface area contributed by atoms with Gasteiger partial charge in [-0.1, -0.05) is 11.6 Å². The van der Waals surface area contributed by atoms with Gasteiger partial charge in [-0.3, -0.25) is 0 Å². The first kappa shape index (κ1) is 18.7. The predicted molar refractivity (Wildman–Crippen MR) is 108 cm³/mol. The lowest BCUT2D eigenvalue weighted by atomic mass is 9.71. The molecule has 0 bridgehead atoms. The maximum atomic E-state index is 11.9. The zero-order valence-electron chi connectivity index (χ0n) is 18.2. The maximum absolute atomic E-state index is 11.9. The van der Waals surface area contributed by atoms with E-state index in [-0.39, 0.29) is 35.1 Å². The summed E-state index contributed by atoms with van der Waals surface area (Å²) in [6, 6.07) is 2.02. The molecular weight excluding hydrogens is 396 g/mol. The normalized spacial score (nSPS) is 50.9. The lowest BCUT2D eigenvalue weighted by Gasteiger charge is -2.44. The Kier molecular flexibility index (Phi) is 3.22. The van der Waals surface area contributed by atoms with E-state index in [4.69, 9.17) is 23.4 Å². The number of carbonyl (C=O) groups is 1. The summed E-state index contributed by atoms with van der Waals surface area (Å²) in [6.07, 6.45) is 13.7. The average molecular weight is 424 g/mol. The van der Waals surface area contributed by atoms with Crippen LogP contribution >= 0.6 is 0 Å². The minimum atomic E-state index is -0.765. The number of carbonyl (C=O) groups excluding carboxylic acids is 1. The van der Waals surface area contributed by atoms with E-state index in [0.29, 0.717) is 6.42 Å². The fourth-order valence-corrected chi connectivity index (χ4v) is 7.82. The Hall–Kier alpha value is -1.89. The standard InChI is InChI=1S/C25H28O6/c1-21(2)17(22(3)9-6-18(26)29-22)12-24(31-21)11-16-5-4-8-23-14-25(16,23)20(30-24)28-19(23)15-7-10-27-13-15/h5-7,9-10,13,17,19-20H,4,8,11-12,14H2,1-3H3/t17-,19-,20-,22-,23+,24+,25+/m0/s1. The molecule has 4 aliphatic heterocycles. The molecule has 6 nitrogen and oxygen atoms in total. The van der Waals surface area contributed by atoms with Crippen LogP contribution in [0.1, 0.15) is 64.5 Å². The highest BCUT2D eigenvalue weighted by atomic mass is 16.8. The predicted octanol–water partition coefficient (Wildman–Crippen LogP) is 4.58. The molecule has 1 saturated carbocycles. The van der Waals surface area contributed by atoms with Crippen molar-refractivity contribution in [2.24, 2.45) is 16.7 Å². The molecule has 1 aromatic heterocycles. The van der Waals surface area contributed by atoms with Crippen LogP contribution in [0.3, 0.4) is 0 Å². The van der Waals surface area contributed by atoms with Gasteiger partial charge in [0.2, 0.25) is 0 Å². The summed E-state index contributed by atoms with van der Waals surface area (Å²) in [7, 11) is 0. The number of furan rings is 1. The van der Waals surface area contributed by atoms with Crippen LogP contribution in [0.15, 0.2) is 46.8 Å². The number of hydrogen-bond acceptors (Lipinski definition) is 6. The second kappa shape index (κ2) is 5.36. The summed E-state index contributed by atoms with van der Waals surface area (Å²) >= 11 is 0. The van der Waals surface area contributed by atoms with Gasteiger partial charge in [-0.25, -0.2) is 4.79 Å². The third-order valence-corrected chi connectivity index (χ3v) is 9.07. The van der Waals surface area contributed by atoms with Gasteiger partial charge in [0.25, 0.3) is 0 Å². The molecule has 5 heterocycles. The number of ether oxygens (including phenoxy) is 4. The molecule has 4 fully saturated rings. The van der Waals surface area contributed by atoms with E-state index in [1.807, 2.05) is 25.3 Å². The summed E-state index contributed by atoms with van der Waals surface area (Å²) in [4.78, 5) is 11.9. The molecular formula is C25H28O6.